The Morgan fingerprint density at radius 3 is 2.57 bits per heavy atom. The molecular formula is C17H17N3S. The van der Waals surface area contributed by atoms with E-state index in [2.05, 4.69) is 36.2 Å². The van der Waals surface area contributed by atoms with Crippen LogP contribution < -0.4 is 5.73 Å². The summed E-state index contributed by atoms with van der Waals surface area (Å²) in [6, 6.07) is 12.4. The van der Waals surface area contributed by atoms with E-state index in [0.29, 0.717) is 6.54 Å². The van der Waals surface area contributed by atoms with Gasteiger partial charge in [0, 0.05) is 28.4 Å². The lowest BCUT2D eigenvalue weighted by Gasteiger charge is -1.99. The van der Waals surface area contributed by atoms with Crippen LogP contribution in [-0.2, 0) is 6.42 Å². The van der Waals surface area contributed by atoms with Crippen LogP contribution in [0.5, 0.6) is 0 Å². The summed E-state index contributed by atoms with van der Waals surface area (Å²) in [7, 11) is 0. The van der Waals surface area contributed by atoms with E-state index < -0.39 is 0 Å². The van der Waals surface area contributed by atoms with Crippen LogP contribution in [0, 0.1) is 6.92 Å². The zero-order chi connectivity index (χ0) is 14.7. The summed E-state index contributed by atoms with van der Waals surface area (Å²) in [5.74, 6) is 0. The van der Waals surface area contributed by atoms with E-state index in [1.54, 1.807) is 17.5 Å². The lowest BCUT2D eigenvalue weighted by atomic mass is 10.1. The van der Waals surface area contributed by atoms with E-state index in [1.165, 1.54) is 10.4 Å². The van der Waals surface area contributed by atoms with Crippen molar-refractivity contribution < 1.29 is 0 Å². The van der Waals surface area contributed by atoms with E-state index in [-0.39, 0.29) is 0 Å². The molecule has 21 heavy (non-hydrogen) atoms. The first kappa shape index (κ1) is 13.9. The fourth-order valence-electron chi connectivity index (χ4n) is 2.20. The molecule has 0 aliphatic heterocycles. The first-order valence-corrected chi connectivity index (χ1v) is 7.77. The first-order valence-electron chi connectivity index (χ1n) is 6.95. The molecule has 2 N–H and O–H groups in total. The maximum atomic E-state index is 5.74. The van der Waals surface area contributed by atoms with Crippen molar-refractivity contribution in [2.24, 2.45) is 5.73 Å². The first-order chi connectivity index (χ1) is 10.3. The van der Waals surface area contributed by atoms with Gasteiger partial charge in [0.15, 0.2) is 0 Å². The Balaban J connectivity index is 2.06. The number of benzene rings is 1. The molecule has 3 rings (SSSR count). The number of thiazole rings is 1. The fraction of sp³-hybridized carbons (Fsp3) is 0.176. The monoisotopic (exact) mass is 295 g/mol. The molecule has 0 spiro atoms. The van der Waals surface area contributed by atoms with Crippen molar-refractivity contribution >= 4 is 11.3 Å². The molecule has 0 radical (unpaired) electrons. The Labute approximate surface area is 128 Å². The third-order valence-corrected chi connectivity index (χ3v) is 4.47. The number of nitrogens with zero attached hydrogens (tertiary/aromatic N) is 2. The molecule has 0 saturated heterocycles. The second-order valence-corrected chi connectivity index (χ2v) is 6.02. The van der Waals surface area contributed by atoms with Crippen LogP contribution in [0.2, 0.25) is 0 Å². The molecule has 106 valence electrons. The standard InChI is InChI=1S/C17H17N3S/c1-12-4-6-13(7-5-12)17-20-16(15(21-17)8-9-18)14-3-2-10-19-11-14/h2-7,10-11H,8-9,18H2,1H3. The van der Waals surface area contributed by atoms with Crippen LogP contribution in [0.15, 0.2) is 48.8 Å². The van der Waals surface area contributed by atoms with Crippen molar-refractivity contribution in [1.82, 2.24) is 9.97 Å². The molecule has 0 amide bonds. The molecule has 0 saturated carbocycles. The topological polar surface area (TPSA) is 51.8 Å². The Morgan fingerprint density at radius 2 is 1.90 bits per heavy atom. The quantitative estimate of drug-likeness (QED) is 0.798. The maximum absolute atomic E-state index is 5.74. The van der Waals surface area contributed by atoms with Crippen molar-refractivity contribution in [2.75, 3.05) is 6.54 Å². The minimum absolute atomic E-state index is 0.628. The molecule has 0 fully saturated rings. The van der Waals surface area contributed by atoms with Crippen LogP contribution >= 0.6 is 11.3 Å². The number of hydrogen-bond donors (Lipinski definition) is 1. The molecular weight excluding hydrogens is 278 g/mol. The van der Waals surface area contributed by atoms with E-state index in [4.69, 9.17) is 10.7 Å². The smallest absolute Gasteiger partial charge is 0.124 e. The second-order valence-electron chi connectivity index (χ2n) is 4.94. The number of rotatable bonds is 4. The molecule has 3 aromatic rings. The van der Waals surface area contributed by atoms with Gasteiger partial charge in [-0.2, -0.15) is 0 Å². The average molecular weight is 295 g/mol. The van der Waals surface area contributed by atoms with Gasteiger partial charge < -0.3 is 5.73 Å². The number of nitrogens with two attached hydrogens (primary N) is 1. The molecule has 0 atom stereocenters. The van der Waals surface area contributed by atoms with Gasteiger partial charge in [-0.15, -0.1) is 11.3 Å². The van der Waals surface area contributed by atoms with Gasteiger partial charge in [0.2, 0.25) is 0 Å². The molecule has 2 heterocycles. The van der Waals surface area contributed by atoms with Crippen LogP contribution in [0.4, 0.5) is 0 Å². The summed E-state index contributed by atoms with van der Waals surface area (Å²) in [6.07, 6.45) is 4.47. The van der Waals surface area contributed by atoms with Crippen LogP contribution in [0.1, 0.15) is 10.4 Å². The minimum Gasteiger partial charge on any atom is -0.330 e. The van der Waals surface area contributed by atoms with Gasteiger partial charge >= 0.3 is 0 Å². The lowest BCUT2D eigenvalue weighted by Crippen LogP contribution is -2.02. The van der Waals surface area contributed by atoms with E-state index in [1.807, 2.05) is 18.3 Å². The molecule has 0 aliphatic carbocycles. The summed E-state index contributed by atoms with van der Waals surface area (Å²) in [6.45, 7) is 2.72. The number of aryl methyl sites for hydroxylation is 1. The molecule has 0 bridgehead atoms. The number of hydrogen-bond acceptors (Lipinski definition) is 4. The van der Waals surface area contributed by atoms with Crippen molar-refractivity contribution in [3.8, 4) is 21.8 Å². The number of pyridine rings is 1. The average Bonchev–Trinajstić information content (AvgIpc) is 2.93. The van der Waals surface area contributed by atoms with Gasteiger partial charge in [0.25, 0.3) is 0 Å². The van der Waals surface area contributed by atoms with Crippen LogP contribution in [0.25, 0.3) is 21.8 Å². The minimum atomic E-state index is 0.628. The van der Waals surface area contributed by atoms with Crippen molar-refractivity contribution in [2.45, 2.75) is 13.3 Å². The molecule has 4 heteroatoms. The molecule has 1 aromatic carbocycles. The summed E-state index contributed by atoms with van der Waals surface area (Å²) >= 11 is 1.72. The zero-order valence-corrected chi connectivity index (χ0v) is 12.7. The Morgan fingerprint density at radius 1 is 1.10 bits per heavy atom. The molecule has 0 aliphatic rings. The van der Waals surface area contributed by atoms with E-state index in [0.717, 1.165) is 28.2 Å². The highest BCUT2D eigenvalue weighted by molar-refractivity contribution is 7.15. The van der Waals surface area contributed by atoms with Crippen LogP contribution in [0.3, 0.4) is 0 Å². The normalized spacial score (nSPS) is 10.8. The van der Waals surface area contributed by atoms with Gasteiger partial charge in [-0.05, 0) is 32.0 Å². The van der Waals surface area contributed by atoms with Crippen molar-refractivity contribution in [1.29, 1.82) is 0 Å². The fourth-order valence-corrected chi connectivity index (χ4v) is 3.30. The van der Waals surface area contributed by atoms with E-state index >= 15 is 0 Å². The zero-order valence-electron chi connectivity index (χ0n) is 11.9. The maximum Gasteiger partial charge on any atom is 0.124 e. The third kappa shape index (κ3) is 3.01. The summed E-state index contributed by atoms with van der Waals surface area (Å²) in [5, 5.41) is 1.04. The Kier molecular flexibility index (Phi) is 4.08. The molecule has 3 nitrogen and oxygen atoms in total. The summed E-state index contributed by atoms with van der Waals surface area (Å²) < 4.78 is 0. The predicted octanol–water partition coefficient (Wildman–Crippen LogP) is 3.68. The lowest BCUT2D eigenvalue weighted by molar-refractivity contribution is 0.986. The van der Waals surface area contributed by atoms with Gasteiger partial charge in [-0.3, -0.25) is 4.98 Å². The van der Waals surface area contributed by atoms with Crippen molar-refractivity contribution in [3.05, 3.63) is 59.2 Å². The van der Waals surface area contributed by atoms with E-state index in [9.17, 15) is 0 Å². The molecule has 2 aromatic heterocycles. The highest BCUT2D eigenvalue weighted by Gasteiger charge is 2.13. The van der Waals surface area contributed by atoms with Gasteiger partial charge in [-0.25, -0.2) is 4.98 Å². The van der Waals surface area contributed by atoms with Gasteiger partial charge in [-0.1, -0.05) is 29.8 Å². The predicted molar refractivity (Wildman–Crippen MR) is 88.3 cm³/mol. The molecule has 0 unspecified atom stereocenters. The Hall–Kier alpha value is -2.04. The third-order valence-electron chi connectivity index (χ3n) is 3.30. The second kappa shape index (κ2) is 6.16. The van der Waals surface area contributed by atoms with Crippen LogP contribution in [-0.4, -0.2) is 16.5 Å². The number of aromatic nitrogens is 2. The highest BCUT2D eigenvalue weighted by Crippen LogP contribution is 2.33. The SMILES string of the molecule is Cc1ccc(-c2nc(-c3cccnc3)c(CCN)s2)cc1. The largest absolute Gasteiger partial charge is 0.330 e. The van der Waals surface area contributed by atoms with Crippen molar-refractivity contribution in [3.63, 3.8) is 0 Å². The highest BCUT2D eigenvalue weighted by atomic mass is 32.1. The summed E-state index contributed by atoms with van der Waals surface area (Å²) in [4.78, 5) is 10.2. The Bertz CT molecular complexity index is 718. The van der Waals surface area contributed by atoms with Gasteiger partial charge in [0.1, 0.15) is 5.01 Å². The summed E-state index contributed by atoms with van der Waals surface area (Å²) in [5.41, 5.74) is 10.2. The van der Waals surface area contributed by atoms with Gasteiger partial charge in [0.05, 0.1) is 5.69 Å².